The Morgan fingerprint density at radius 3 is 2.55 bits per heavy atom. The van der Waals surface area contributed by atoms with Crippen LogP contribution in [-0.4, -0.2) is 36.9 Å². The van der Waals surface area contributed by atoms with E-state index in [4.69, 9.17) is 14.0 Å². The van der Waals surface area contributed by atoms with Crippen molar-refractivity contribution in [2.45, 2.75) is 13.3 Å². The SMILES string of the molecule is COc1cc(/C=C2/C(C)=C(CNC(=O)Cc3cnoc3)c3cc(F)ccc32)cc(OC)c1O. The molecule has 1 aromatic heterocycles. The smallest absolute Gasteiger partial charge is 0.224 e. The molecule has 0 aliphatic heterocycles. The Hall–Kier alpha value is -4.07. The quantitative estimate of drug-likeness (QED) is 0.560. The maximum absolute atomic E-state index is 14.1. The molecule has 2 aromatic carbocycles. The number of allylic oxidation sites excluding steroid dienone is 2. The summed E-state index contributed by atoms with van der Waals surface area (Å²) in [5.41, 5.74) is 5.60. The Labute approximate surface area is 190 Å². The number of hydrogen-bond donors (Lipinski definition) is 2. The Kier molecular flexibility index (Phi) is 6.17. The lowest BCUT2D eigenvalue weighted by atomic mass is 10.00. The van der Waals surface area contributed by atoms with Gasteiger partial charge in [-0.05, 0) is 70.7 Å². The van der Waals surface area contributed by atoms with Crippen molar-refractivity contribution >= 4 is 23.1 Å². The minimum Gasteiger partial charge on any atom is -0.502 e. The van der Waals surface area contributed by atoms with E-state index in [2.05, 4.69) is 10.5 Å². The van der Waals surface area contributed by atoms with Gasteiger partial charge in [-0.3, -0.25) is 4.79 Å². The number of phenols is 1. The number of methoxy groups -OCH3 is 2. The fourth-order valence-corrected chi connectivity index (χ4v) is 3.89. The van der Waals surface area contributed by atoms with E-state index in [1.807, 2.05) is 13.0 Å². The first-order valence-corrected chi connectivity index (χ1v) is 10.2. The van der Waals surface area contributed by atoms with E-state index >= 15 is 0 Å². The van der Waals surface area contributed by atoms with Gasteiger partial charge in [0.1, 0.15) is 12.1 Å². The zero-order valence-electron chi connectivity index (χ0n) is 18.4. The standard InChI is InChI=1S/C25H23FN2O5/c1-14-19(6-15-7-22(31-2)25(30)23(8-15)32-3)18-5-4-17(26)10-20(18)21(14)12-27-24(29)9-16-11-28-33-13-16/h4-8,10-11,13,30H,9,12H2,1-3H3,(H,27,29)/b19-6-. The molecule has 1 heterocycles. The van der Waals surface area contributed by atoms with Gasteiger partial charge in [0.25, 0.3) is 0 Å². The first-order chi connectivity index (χ1) is 15.9. The highest BCUT2D eigenvalue weighted by Gasteiger charge is 2.25. The number of fused-ring (bicyclic) bond motifs is 1. The summed E-state index contributed by atoms with van der Waals surface area (Å²) in [6, 6.07) is 7.99. The lowest BCUT2D eigenvalue weighted by Crippen LogP contribution is -2.26. The Bertz CT molecular complexity index is 1240. The summed E-state index contributed by atoms with van der Waals surface area (Å²) in [4.78, 5) is 12.4. The number of carbonyl (C=O) groups is 1. The van der Waals surface area contributed by atoms with E-state index in [9.17, 15) is 14.3 Å². The van der Waals surface area contributed by atoms with Crippen LogP contribution in [0.2, 0.25) is 0 Å². The molecular formula is C25H23FN2O5. The molecule has 170 valence electrons. The number of rotatable bonds is 7. The summed E-state index contributed by atoms with van der Waals surface area (Å²) in [7, 11) is 2.93. The van der Waals surface area contributed by atoms with Gasteiger partial charge in [-0.15, -0.1) is 0 Å². The van der Waals surface area contributed by atoms with Crippen LogP contribution in [0, 0.1) is 5.82 Å². The van der Waals surface area contributed by atoms with E-state index < -0.39 is 0 Å². The molecule has 0 atom stereocenters. The average Bonchev–Trinajstić information content (AvgIpc) is 3.39. The number of phenolic OH excluding ortho intramolecular Hbond substituents is 1. The van der Waals surface area contributed by atoms with Crippen LogP contribution >= 0.6 is 0 Å². The largest absolute Gasteiger partial charge is 0.502 e. The molecule has 0 unspecified atom stereocenters. The lowest BCUT2D eigenvalue weighted by Gasteiger charge is -2.11. The van der Waals surface area contributed by atoms with E-state index in [1.54, 1.807) is 18.2 Å². The number of aromatic hydroxyl groups is 1. The third kappa shape index (κ3) is 4.45. The number of hydrogen-bond acceptors (Lipinski definition) is 6. The van der Waals surface area contributed by atoms with Crippen molar-refractivity contribution < 1.29 is 28.3 Å². The lowest BCUT2D eigenvalue weighted by molar-refractivity contribution is -0.120. The van der Waals surface area contributed by atoms with Gasteiger partial charge < -0.3 is 24.4 Å². The number of nitrogens with one attached hydrogen (secondary N) is 1. The minimum atomic E-state index is -0.357. The van der Waals surface area contributed by atoms with E-state index in [0.29, 0.717) is 5.56 Å². The number of ether oxygens (including phenoxy) is 2. The first kappa shape index (κ1) is 22.1. The topological polar surface area (TPSA) is 93.8 Å². The van der Waals surface area contributed by atoms with E-state index in [1.165, 1.54) is 38.8 Å². The summed E-state index contributed by atoms with van der Waals surface area (Å²) < 4.78 is 29.4. The number of aromatic nitrogens is 1. The third-order valence-electron chi connectivity index (χ3n) is 5.58. The van der Waals surface area contributed by atoms with Gasteiger partial charge in [0.2, 0.25) is 11.7 Å². The molecule has 7 nitrogen and oxygen atoms in total. The van der Waals surface area contributed by atoms with Crippen LogP contribution in [-0.2, 0) is 11.2 Å². The minimum absolute atomic E-state index is 0.0838. The van der Waals surface area contributed by atoms with Crippen LogP contribution in [0.3, 0.4) is 0 Å². The predicted molar refractivity (Wildman–Crippen MR) is 121 cm³/mol. The van der Waals surface area contributed by atoms with Crippen molar-refractivity contribution in [2.75, 3.05) is 20.8 Å². The van der Waals surface area contributed by atoms with Crippen LogP contribution < -0.4 is 14.8 Å². The molecule has 0 bridgehead atoms. The zero-order valence-corrected chi connectivity index (χ0v) is 18.4. The van der Waals surface area contributed by atoms with Gasteiger partial charge in [0, 0.05) is 12.1 Å². The second-order valence-electron chi connectivity index (χ2n) is 7.61. The fourth-order valence-electron chi connectivity index (χ4n) is 3.89. The van der Waals surface area contributed by atoms with Crippen molar-refractivity contribution in [3.63, 3.8) is 0 Å². The summed E-state index contributed by atoms with van der Waals surface area (Å²) >= 11 is 0. The third-order valence-corrected chi connectivity index (χ3v) is 5.58. The summed E-state index contributed by atoms with van der Waals surface area (Å²) in [6.07, 6.45) is 4.97. The van der Waals surface area contributed by atoms with Gasteiger partial charge >= 0.3 is 0 Å². The number of halogens is 1. The highest BCUT2D eigenvalue weighted by Crippen LogP contribution is 2.44. The number of nitrogens with zero attached hydrogens (tertiary/aromatic N) is 1. The van der Waals surface area contributed by atoms with Crippen LogP contribution in [0.5, 0.6) is 17.2 Å². The van der Waals surface area contributed by atoms with Crippen LogP contribution in [0.1, 0.15) is 29.2 Å². The molecule has 3 aromatic rings. The van der Waals surface area contributed by atoms with Crippen LogP contribution in [0.15, 0.2) is 52.9 Å². The van der Waals surface area contributed by atoms with Crippen molar-refractivity contribution in [1.82, 2.24) is 10.5 Å². The van der Waals surface area contributed by atoms with Gasteiger partial charge in [-0.25, -0.2) is 4.39 Å². The van der Waals surface area contributed by atoms with Gasteiger partial charge in [-0.1, -0.05) is 11.2 Å². The maximum Gasteiger partial charge on any atom is 0.224 e. The average molecular weight is 450 g/mol. The normalized spacial score (nSPS) is 13.9. The molecule has 0 spiro atoms. The molecular weight excluding hydrogens is 427 g/mol. The summed E-state index contributed by atoms with van der Waals surface area (Å²) in [5.74, 6) is -0.0757. The summed E-state index contributed by atoms with van der Waals surface area (Å²) in [6.45, 7) is 2.17. The second kappa shape index (κ2) is 9.20. The molecule has 0 radical (unpaired) electrons. The molecule has 33 heavy (non-hydrogen) atoms. The molecule has 0 saturated heterocycles. The molecule has 0 saturated carbocycles. The molecule has 8 heteroatoms. The molecule has 0 fully saturated rings. The fraction of sp³-hybridized carbons (Fsp3) is 0.200. The van der Waals surface area contributed by atoms with Gasteiger partial charge in [0.05, 0.1) is 26.8 Å². The van der Waals surface area contributed by atoms with Crippen molar-refractivity contribution in [2.24, 2.45) is 0 Å². The van der Waals surface area contributed by atoms with Crippen molar-refractivity contribution in [1.29, 1.82) is 0 Å². The second-order valence-corrected chi connectivity index (χ2v) is 7.61. The van der Waals surface area contributed by atoms with Crippen LogP contribution in [0.25, 0.3) is 17.2 Å². The van der Waals surface area contributed by atoms with Gasteiger partial charge in [0.15, 0.2) is 11.5 Å². The van der Waals surface area contributed by atoms with Crippen molar-refractivity contribution in [3.05, 3.63) is 76.4 Å². The molecule has 2 N–H and O–H groups in total. The molecule has 1 aliphatic carbocycles. The highest BCUT2D eigenvalue weighted by atomic mass is 19.1. The molecule has 4 rings (SSSR count). The summed E-state index contributed by atoms with van der Waals surface area (Å²) in [5, 5.41) is 16.7. The Balaban J connectivity index is 1.69. The predicted octanol–water partition coefficient (Wildman–Crippen LogP) is 4.22. The van der Waals surface area contributed by atoms with E-state index in [-0.39, 0.29) is 41.9 Å². The number of carbonyl (C=O) groups excluding carboxylic acids is 1. The van der Waals surface area contributed by atoms with E-state index in [0.717, 1.165) is 33.4 Å². The Morgan fingerprint density at radius 1 is 1.18 bits per heavy atom. The number of amides is 1. The van der Waals surface area contributed by atoms with Crippen molar-refractivity contribution in [3.8, 4) is 17.2 Å². The zero-order chi connectivity index (χ0) is 23.5. The number of benzene rings is 2. The molecule has 1 amide bonds. The van der Waals surface area contributed by atoms with Gasteiger partial charge in [-0.2, -0.15) is 0 Å². The highest BCUT2D eigenvalue weighted by molar-refractivity contribution is 6.06. The first-order valence-electron chi connectivity index (χ1n) is 10.2. The monoisotopic (exact) mass is 450 g/mol. The Morgan fingerprint density at radius 2 is 1.91 bits per heavy atom. The maximum atomic E-state index is 14.1. The van der Waals surface area contributed by atoms with Crippen LogP contribution in [0.4, 0.5) is 4.39 Å². The molecule has 1 aliphatic rings.